The summed E-state index contributed by atoms with van der Waals surface area (Å²) in [6, 6.07) is 12.2. The number of amides is 1. The molecule has 2 aliphatic carbocycles. The van der Waals surface area contributed by atoms with E-state index in [1.54, 1.807) is 17.1 Å². The van der Waals surface area contributed by atoms with Crippen LogP contribution in [0.5, 0.6) is 0 Å². The average Bonchev–Trinajstić information content (AvgIpc) is 3.43. The van der Waals surface area contributed by atoms with Crippen LogP contribution >= 0.6 is 0 Å². The first-order chi connectivity index (χ1) is 16.6. The lowest BCUT2D eigenvalue weighted by atomic mass is 10.1. The maximum Gasteiger partial charge on any atom is 0.257 e. The van der Waals surface area contributed by atoms with Crippen molar-refractivity contribution in [3.05, 3.63) is 60.0 Å². The van der Waals surface area contributed by atoms with Crippen LogP contribution in [-0.2, 0) is 0 Å². The van der Waals surface area contributed by atoms with Gasteiger partial charge in [-0.05, 0) is 51.0 Å². The lowest BCUT2D eigenvalue weighted by Gasteiger charge is -2.36. The van der Waals surface area contributed by atoms with Gasteiger partial charge in [0, 0.05) is 49.9 Å². The molecular formula is C26H28N6O2. The van der Waals surface area contributed by atoms with Gasteiger partial charge >= 0.3 is 0 Å². The number of nitrogens with zero attached hydrogens (tertiary/aromatic N) is 6. The second kappa shape index (κ2) is 8.36. The Hall–Kier alpha value is -3.52. The SMILES string of the molecule is CC(C)N1CCN(C(=O)c2cnn(-c3nccc(-c4ccc5cccc-5o4)n3)c2C2CC2)CC1. The topological polar surface area (TPSA) is 80.3 Å². The van der Waals surface area contributed by atoms with Gasteiger partial charge in [0.05, 0.1) is 17.5 Å². The number of aromatic nitrogens is 4. The average molecular weight is 457 g/mol. The molecule has 0 N–H and O–H groups in total. The number of rotatable bonds is 5. The maximum absolute atomic E-state index is 13.5. The Morgan fingerprint density at radius 2 is 1.85 bits per heavy atom. The van der Waals surface area contributed by atoms with Crippen LogP contribution in [0.25, 0.3) is 28.7 Å². The molecule has 4 heterocycles. The van der Waals surface area contributed by atoms with E-state index in [-0.39, 0.29) is 5.91 Å². The van der Waals surface area contributed by atoms with Gasteiger partial charge in [0.2, 0.25) is 0 Å². The van der Waals surface area contributed by atoms with Gasteiger partial charge in [0.1, 0.15) is 11.5 Å². The van der Waals surface area contributed by atoms with Crippen LogP contribution in [0.3, 0.4) is 0 Å². The third-order valence-corrected chi connectivity index (χ3v) is 6.86. The minimum atomic E-state index is 0.0596. The smallest absolute Gasteiger partial charge is 0.257 e. The highest BCUT2D eigenvalue weighted by atomic mass is 16.3. The fourth-order valence-electron chi connectivity index (χ4n) is 4.73. The van der Waals surface area contributed by atoms with E-state index in [9.17, 15) is 4.79 Å². The molecule has 0 bridgehead atoms. The number of carbonyl (C=O) groups is 1. The van der Waals surface area contributed by atoms with E-state index in [1.165, 1.54) is 0 Å². The molecule has 0 atom stereocenters. The predicted octanol–water partition coefficient (Wildman–Crippen LogP) is 4.07. The van der Waals surface area contributed by atoms with E-state index in [4.69, 9.17) is 9.40 Å². The molecule has 2 aromatic heterocycles. The minimum absolute atomic E-state index is 0.0596. The summed E-state index contributed by atoms with van der Waals surface area (Å²) in [5.74, 6) is 2.32. The molecule has 2 aliphatic heterocycles. The van der Waals surface area contributed by atoms with Crippen molar-refractivity contribution >= 4 is 5.91 Å². The molecule has 34 heavy (non-hydrogen) atoms. The Morgan fingerprint density at radius 3 is 2.62 bits per heavy atom. The normalized spacial score (nSPS) is 17.1. The molecule has 6 rings (SSSR count). The second-order valence-corrected chi connectivity index (χ2v) is 9.44. The van der Waals surface area contributed by atoms with Crippen LogP contribution < -0.4 is 0 Å². The fourth-order valence-corrected chi connectivity index (χ4v) is 4.73. The molecule has 2 fully saturated rings. The van der Waals surface area contributed by atoms with E-state index in [2.05, 4.69) is 28.8 Å². The molecule has 1 amide bonds. The largest absolute Gasteiger partial charge is 0.454 e. The summed E-state index contributed by atoms with van der Waals surface area (Å²) >= 11 is 0. The highest BCUT2D eigenvalue weighted by Gasteiger charge is 2.35. The van der Waals surface area contributed by atoms with Gasteiger partial charge in [-0.1, -0.05) is 12.1 Å². The first-order valence-electron chi connectivity index (χ1n) is 12.0. The van der Waals surface area contributed by atoms with E-state index < -0.39 is 0 Å². The van der Waals surface area contributed by atoms with Gasteiger partial charge < -0.3 is 9.32 Å². The Kier molecular flexibility index (Phi) is 5.17. The Morgan fingerprint density at radius 1 is 1.03 bits per heavy atom. The zero-order chi connectivity index (χ0) is 23.2. The zero-order valence-corrected chi connectivity index (χ0v) is 19.5. The van der Waals surface area contributed by atoms with Crippen LogP contribution in [0.2, 0.25) is 0 Å². The Balaban J connectivity index is 1.31. The summed E-state index contributed by atoms with van der Waals surface area (Å²) in [5, 5.41) is 4.59. The molecule has 0 spiro atoms. The van der Waals surface area contributed by atoms with E-state index >= 15 is 0 Å². The summed E-state index contributed by atoms with van der Waals surface area (Å²) in [7, 11) is 0. The fraction of sp³-hybridized carbons (Fsp3) is 0.385. The van der Waals surface area contributed by atoms with E-state index in [1.807, 2.05) is 41.3 Å². The second-order valence-electron chi connectivity index (χ2n) is 9.44. The van der Waals surface area contributed by atoms with Crippen LogP contribution in [0.15, 0.2) is 53.2 Å². The first-order valence-corrected chi connectivity index (χ1v) is 12.0. The highest BCUT2D eigenvalue weighted by Crippen LogP contribution is 2.42. The molecule has 4 aliphatic rings. The van der Waals surface area contributed by atoms with Crippen LogP contribution in [0.4, 0.5) is 0 Å². The number of piperazine rings is 1. The Bertz CT molecular complexity index is 1300. The molecule has 2 aromatic rings. The monoisotopic (exact) mass is 456 g/mol. The molecule has 8 heteroatoms. The number of fused-ring (bicyclic) bond motifs is 1. The summed E-state index contributed by atoms with van der Waals surface area (Å²) in [6.45, 7) is 7.68. The standard InChI is InChI=1S/C26H28N6O2/c1-17(2)30-12-14-31(15-13-30)25(33)20-16-28-32(24(20)19-6-7-19)26-27-11-10-21(29-26)23-9-8-18-4-3-5-22(18)34-23/h3-5,8-11,16-17,19H,6-7,12-15H2,1-2H3. The van der Waals surface area contributed by atoms with E-state index in [0.717, 1.165) is 56.0 Å². The third kappa shape index (κ3) is 3.77. The molecule has 1 saturated heterocycles. The van der Waals surface area contributed by atoms with Crippen molar-refractivity contribution in [2.75, 3.05) is 26.2 Å². The number of carbonyl (C=O) groups excluding carboxylic acids is 1. The summed E-state index contributed by atoms with van der Waals surface area (Å²) in [5.41, 5.74) is 3.34. The summed E-state index contributed by atoms with van der Waals surface area (Å²) < 4.78 is 7.78. The Labute approximate surface area is 198 Å². The number of hydrogen-bond acceptors (Lipinski definition) is 6. The molecule has 0 unspecified atom stereocenters. The van der Waals surface area contributed by atoms with E-state index in [0.29, 0.717) is 34.9 Å². The van der Waals surface area contributed by atoms with Crippen molar-refractivity contribution < 1.29 is 9.21 Å². The van der Waals surface area contributed by atoms with Crippen molar-refractivity contribution in [3.8, 4) is 28.7 Å². The molecule has 0 radical (unpaired) electrons. The van der Waals surface area contributed by atoms with Gasteiger partial charge in [0.15, 0.2) is 5.76 Å². The van der Waals surface area contributed by atoms with Gasteiger partial charge in [-0.25, -0.2) is 14.6 Å². The van der Waals surface area contributed by atoms with Crippen molar-refractivity contribution in [2.24, 2.45) is 0 Å². The lowest BCUT2D eigenvalue weighted by Crippen LogP contribution is -2.50. The van der Waals surface area contributed by atoms with Crippen molar-refractivity contribution in [1.82, 2.24) is 29.5 Å². The maximum atomic E-state index is 13.5. The first kappa shape index (κ1) is 21.0. The molecule has 174 valence electrons. The van der Waals surface area contributed by atoms with Crippen molar-refractivity contribution in [1.29, 1.82) is 0 Å². The molecule has 0 aromatic carbocycles. The van der Waals surface area contributed by atoms with Crippen LogP contribution in [0.1, 0.15) is 48.7 Å². The molecule has 8 nitrogen and oxygen atoms in total. The molecule has 1 saturated carbocycles. The van der Waals surface area contributed by atoms with Crippen LogP contribution in [-0.4, -0.2) is 67.7 Å². The van der Waals surface area contributed by atoms with Crippen molar-refractivity contribution in [2.45, 2.75) is 38.6 Å². The quantitative estimate of drug-likeness (QED) is 0.450. The van der Waals surface area contributed by atoms with Crippen LogP contribution in [0, 0.1) is 0 Å². The van der Waals surface area contributed by atoms with Gasteiger partial charge in [-0.3, -0.25) is 9.69 Å². The summed E-state index contributed by atoms with van der Waals surface area (Å²) in [6.07, 6.45) is 5.51. The zero-order valence-electron chi connectivity index (χ0n) is 19.5. The van der Waals surface area contributed by atoms with Gasteiger partial charge in [0.25, 0.3) is 11.9 Å². The molecular weight excluding hydrogens is 428 g/mol. The highest BCUT2D eigenvalue weighted by molar-refractivity contribution is 5.95. The predicted molar refractivity (Wildman–Crippen MR) is 128 cm³/mol. The number of hydrogen-bond donors (Lipinski definition) is 0. The summed E-state index contributed by atoms with van der Waals surface area (Å²) in [4.78, 5) is 27.1. The minimum Gasteiger partial charge on any atom is -0.454 e. The van der Waals surface area contributed by atoms with Gasteiger partial charge in [-0.15, -0.1) is 0 Å². The lowest BCUT2D eigenvalue weighted by molar-refractivity contribution is 0.0594. The van der Waals surface area contributed by atoms with Crippen molar-refractivity contribution in [3.63, 3.8) is 0 Å². The third-order valence-electron chi connectivity index (χ3n) is 6.86. The van der Waals surface area contributed by atoms with Gasteiger partial charge in [-0.2, -0.15) is 5.10 Å².